The fraction of sp³-hybridized carbons (Fsp3) is 0.667. The third-order valence-electron chi connectivity index (χ3n) is 7.38. The number of aryl methyl sites for hydroxylation is 1. The summed E-state index contributed by atoms with van der Waals surface area (Å²) >= 11 is 0. The van der Waals surface area contributed by atoms with Gasteiger partial charge in [0, 0.05) is 6.42 Å². The molecule has 25 heavy (non-hydrogen) atoms. The second-order valence-corrected chi connectivity index (χ2v) is 8.54. The highest BCUT2D eigenvalue weighted by atomic mass is 16.3. The van der Waals surface area contributed by atoms with E-state index in [1.54, 1.807) is 0 Å². The fourth-order valence-corrected chi connectivity index (χ4v) is 6.12. The third-order valence-corrected chi connectivity index (χ3v) is 7.38. The van der Waals surface area contributed by atoms with Crippen molar-refractivity contribution in [3.05, 3.63) is 29.3 Å². The molecule has 1 aromatic carbocycles. The maximum atomic E-state index is 12.0. The van der Waals surface area contributed by atoms with Crippen LogP contribution in [0, 0.1) is 17.3 Å². The molecule has 0 unspecified atom stereocenters. The monoisotopic (exact) mass is 343 g/mol. The van der Waals surface area contributed by atoms with Crippen LogP contribution in [0.3, 0.4) is 0 Å². The Morgan fingerprint density at radius 3 is 2.92 bits per heavy atom. The molecule has 1 amide bonds. The van der Waals surface area contributed by atoms with E-state index >= 15 is 0 Å². The second-order valence-electron chi connectivity index (χ2n) is 8.54. The van der Waals surface area contributed by atoms with Gasteiger partial charge in [-0.2, -0.15) is 0 Å². The Kier molecular flexibility index (Phi) is 4.06. The van der Waals surface area contributed by atoms with Crippen molar-refractivity contribution < 1.29 is 15.0 Å². The molecule has 2 saturated carbocycles. The summed E-state index contributed by atoms with van der Waals surface area (Å²) in [6, 6.07) is 5.72. The van der Waals surface area contributed by atoms with E-state index in [9.17, 15) is 15.0 Å². The number of phenols is 1. The van der Waals surface area contributed by atoms with E-state index in [1.807, 2.05) is 19.1 Å². The Balaban J connectivity index is 1.63. The number of aliphatic hydroxyl groups is 1. The van der Waals surface area contributed by atoms with Gasteiger partial charge in [-0.3, -0.25) is 4.79 Å². The molecular formula is C21H29NO3. The number of hydrogen-bond donors (Lipinski definition) is 3. The van der Waals surface area contributed by atoms with Gasteiger partial charge >= 0.3 is 0 Å². The highest BCUT2D eigenvalue weighted by Gasteiger charge is 2.58. The number of phenolic OH excluding ortho intramolecular Hbond substituents is 1. The molecule has 2 fully saturated rings. The second kappa shape index (κ2) is 6.01. The summed E-state index contributed by atoms with van der Waals surface area (Å²) in [5, 5.41) is 23.6. The maximum absolute atomic E-state index is 12.0. The molecule has 0 heterocycles. The first-order valence-electron chi connectivity index (χ1n) is 9.73. The molecular weight excluding hydrogens is 314 g/mol. The lowest BCUT2D eigenvalue weighted by Gasteiger charge is -2.50. The Morgan fingerprint density at radius 1 is 1.36 bits per heavy atom. The van der Waals surface area contributed by atoms with Crippen molar-refractivity contribution in [3.8, 4) is 5.75 Å². The van der Waals surface area contributed by atoms with E-state index in [2.05, 4.69) is 18.3 Å². The van der Waals surface area contributed by atoms with Gasteiger partial charge in [0.25, 0.3) is 0 Å². The lowest BCUT2D eigenvalue weighted by molar-refractivity contribution is -0.123. The Bertz CT molecular complexity index is 688. The number of aromatic hydroxyl groups is 1. The van der Waals surface area contributed by atoms with Gasteiger partial charge in [-0.25, -0.2) is 0 Å². The lowest BCUT2D eigenvalue weighted by atomic mass is 9.55. The normalized spacial score (nSPS) is 39.2. The Hall–Kier alpha value is -1.55. The van der Waals surface area contributed by atoms with Crippen molar-refractivity contribution in [1.29, 1.82) is 0 Å². The average molecular weight is 343 g/mol. The zero-order valence-electron chi connectivity index (χ0n) is 15.2. The van der Waals surface area contributed by atoms with Crippen LogP contribution in [0.2, 0.25) is 0 Å². The molecule has 0 radical (unpaired) electrons. The fourth-order valence-electron chi connectivity index (χ4n) is 6.12. The Labute approximate surface area is 149 Å². The van der Waals surface area contributed by atoms with Crippen molar-refractivity contribution in [3.63, 3.8) is 0 Å². The summed E-state index contributed by atoms with van der Waals surface area (Å²) in [5.41, 5.74) is 2.67. The summed E-state index contributed by atoms with van der Waals surface area (Å²) in [5.74, 6) is 1.93. The van der Waals surface area contributed by atoms with E-state index in [0.29, 0.717) is 29.9 Å². The molecule has 6 atom stereocenters. The van der Waals surface area contributed by atoms with Crippen LogP contribution in [0.1, 0.15) is 63.0 Å². The van der Waals surface area contributed by atoms with Crippen LogP contribution in [-0.4, -0.2) is 28.3 Å². The number of nitrogens with one attached hydrogen (secondary N) is 1. The summed E-state index contributed by atoms with van der Waals surface area (Å²) in [6.45, 7) is 4.14. The molecule has 4 nitrogen and oxygen atoms in total. The number of carbonyl (C=O) groups is 1. The summed E-state index contributed by atoms with van der Waals surface area (Å²) in [4.78, 5) is 12.0. The molecule has 1 aromatic rings. The van der Waals surface area contributed by atoms with Crippen LogP contribution in [0.4, 0.5) is 0 Å². The SMILES string of the molecule is CCC(=O)N[C@H]1[C@H](O)C[C@H]2[C@@H]3CCc4cc(O)ccc4[C@H]3CC[C@@]21C. The molecule has 4 heteroatoms. The van der Waals surface area contributed by atoms with Crippen molar-refractivity contribution in [2.75, 3.05) is 0 Å². The standard InChI is InChI=1S/C21H29NO3/c1-3-19(25)22-20-18(24)11-17-16-6-4-12-10-13(23)5-7-14(12)15(16)8-9-21(17,20)2/h5,7,10,15-18,20,23-24H,3-4,6,8-9,11H2,1-2H3,(H,22,25)/t15-,16-,17+,18-,20+,21+/m1/s1. The zero-order valence-corrected chi connectivity index (χ0v) is 15.2. The zero-order chi connectivity index (χ0) is 17.8. The number of benzene rings is 1. The smallest absolute Gasteiger partial charge is 0.220 e. The van der Waals surface area contributed by atoms with E-state index in [-0.39, 0.29) is 17.4 Å². The van der Waals surface area contributed by atoms with Crippen LogP contribution < -0.4 is 5.32 Å². The van der Waals surface area contributed by atoms with Gasteiger partial charge in [0.15, 0.2) is 0 Å². The van der Waals surface area contributed by atoms with Gasteiger partial charge in [-0.15, -0.1) is 0 Å². The van der Waals surface area contributed by atoms with Crippen molar-refractivity contribution in [1.82, 2.24) is 5.32 Å². The number of rotatable bonds is 2. The van der Waals surface area contributed by atoms with Crippen LogP contribution in [0.25, 0.3) is 0 Å². The van der Waals surface area contributed by atoms with Crippen LogP contribution in [0.15, 0.2) is 18.2 Å². The number of amides is 1. The van der Waals surface area contributed by atoms with E-state index in [1.165, 1.54) is 11.1 Å². The average Bonchev–Trinajstić information content (AvgIpc) is 2.85. The minimum atomic E-state index is -0.439. The van der Waals surface area contributed by atoms with Crippen molar-refractivity contribution in [2.24, 2.45) is 17.3 Å². The van der Waals surface area contributed by atoms with Gasteiger partial charge in [0.05, 0.1) is 12.1 Å². The lowest BCUT2D eigenvalue weighted by Crippen LogP contribution is -2.52. The van der Waals surface area contributed by atoms with Crippen molar-refractivity contribution >= 4 is 5.91 Å². The summed E-state index contributed by atoms with van der Waals surface area (Å²) in [7, 11) is 0. The van der Waals surface area contributed by atoms with E-state index in [4.69, 9.17) is 0 Å². The number of fused-ring (bicyclic) bond motifs is 5. The van der Waals surface area contributed by atoms with Gasteiger partial charge in [0.2, 0.25) is 5.91 Å². The molecule has 0 bridgehead atoms. The van der Waals surface area contributed by atoms with Crippen LogP contribution >= 0.6 is 0 Å². The van der Waals surface area contributed by atoms with Crippen LogP contribution in [-0.2, 0) is 11.2 Å². The first-order valence-corrected chi connectivity index (χ1v) is 9.73. The number of aliphatic hydroxyl groups excluding tert-OH is 1. The number of carbonyl (C=O) groups excluding carboxylic acids is 1. The summed E-state index contributed by atoms with van der Waals surface area (Å²) in [6.07, 6.45) is 5.06. The maximum Gasteiger partial charge on any atom is 0.220 e. The molecule has 0 aliphatic heterocycles. The van der Waals surface area contributed by atoms with E-state index in [0.717, 1.165) is 32.1 Å². The highest BCUT2D eigenvalue weighted by Crippen LogP contribution is 2.61. The van der Waals surface area contributed by atoms with Gasteiger partial charge in [-0.05, 0) is 78.5 Å². The Morgan fingerprint density at radius 2 is 2.16 bits per heavy atom. The first-order chi connectivity index (χ1) is 11.9. The highest BCUT2D eigenvalue weighted by molar-refractivity contribution is 5.76. The third kappa shape index (κ3) is 2.57. The van der Waals surface area contributed by atoms with Gasteiger partial charge in [-0.1, -0.05) is 19.9 Å². The molecule has 4 rings (SSSR count). The van der Waals surface area contributed by atoms with Crippen LogP contribution in [0.5, 0.6) is 5.75 Å². The topological polar surface area (TPSA) is 69.6 Å². The molecule has 0 aromatic heterocycles. The van der Waals surface area contributed by atoms with Gasteiger partial charge < -0.3 is 15.5 Å². The predicted molar refractivity (Wildman–Crippen MR) is 96.3 cm³/mol. The molecule has 3 aliphatic rings. The number of hydrogen-bond acceptors (Lipinski definition) is 3. The molecule has 0 spiro atoms. The quantitative estimate of drug-likeness (QED) is 0.773. The molecule has 3 aliphatic carbocycles. The molecule has 0 saturated heterocycles. The summed E-state index contributed by atoms with van der Waals surface area (Å²) < 4.78 is 0. The predicted octanol–water partition coefficient (Wildman–Crippen LogP) is 3.11. The van der Waals surface area contributed by atoms with E-state index < -0.39 is 6.10 Å². The molecule has 136 valence electrons. The molecule has 3 N–H and O–H groups in total. The minimum absolute atomic E-state index is 0.0141. The minimum Gasteiger partial charge on any atom is -0.508 e. The largest absolute Gasteiger partial charge is 0.508 e. The van der Waals surface area contributed by atoms with Crippen molar-refractivity contribution in [2.45, 2.75) is 70.4 Å². The van der Waals surface area contributed by atoms with Gasteiger partial charge in [0.1, 0.15) is 5.75 Å². The first kappa shape index (κ1) is 16.9.